The quantitative estimate of drug-likeness (QED) is 0.657. The average Bonchev–Trinajstić information content (AvgIpc) is 3.05. The summed E-state index contributed by atoms with van der Waals surface area (Å²) in [6.45, 7) is 0. The monoisotopic (exact) mass is 404 g/mol. The summed E-state index contributed by atoms with van der Waals surface area (Å²) < 4.78 is 40.7. The van der Waals surface area contributed by atoms with Gasteiger partial charge in [-0.25, -0.2) is 20.0 Å². The Bertz CT molecular complexity index is 1180. The fourth-order valence-corrected chi connectivity index (χ4v) is 3.62. The summed E-state index contributed by atoms with van der Waals surface area (Å²) in [5.74, 6) is -1.44. The molecule has 2 aromatic carbocycles. The second kappa shape index (κ2) is 7.02. The number of rotatable bonds is 2. The summed E-state index contributed by atoms with van der Waals surface area (Å²) in [5.41, 5.74) is 3.57. The van der Waals surface area contributed by atoms with Crippen LogP contribution in [-0.2, 0) is 0 Å². The van der Waals surface area contributed by atoms with Crippen molar-refractivity contribution in [1.29, 1.82) is 0 Å². The van der Waals surface area contributed by atoms with E-state index in [1.807, 2.05) is 72.8 Å². The Morgan fingerprint density at radius 1 is 0.733 bits per heavy atom. The third kappa shape index (κ3) is 3.43. The maximum absolute atomic E-state index is 13.6. The van der Waals surface area contributed by atoms with Crippen LogP contribution in [0.15, 0.2) is 98.4 Å². The van der Waals surface area contributed by atoms with E-state index < -0.39 is 17.9 Å². The molecule has 0 saturated carbocycles. The zero-order chi connectivity index (χ0) is 20.7. The number of nitrogens with zero attached hydrogens (tertiary/aromatic N) is 4. The van der Waals surface area contributed by atoms with E-state index in [9.17, 15) is 13.2 Å². The average molecular weight is 404 g/mol. The van der Waals surface area contributed by atoms with Gasteiger partial charge in [-0.15, -0.1) is 0 Å². The maximum atomic E-state index is 13.6. The molecule has 30 heavy (non-hydrogen) atoms. The number of hydrogen-bond acceptors (Lipinski definition) is 4. The predicted molar refractivity (Wildman–Crippen MR) is 112 cm³/mol. The molecule has 4 nitrogen and oxygen atoms in total. The van der Waals surface area contributed by atoms with E-state index in [2.05, 4.69) is 20.0 Å². The van der Waals surface area contributed by atoms with Crippen LogP contribution in [0.2, 0.25) is 0 Å². The highest BCUT2D eigenvalue weighted by Crippen LogP contribution is 2.35. The Hall–Kier alpha value is -3.61. The maximum Gasteiger partial charge on any atom is 0.451 e. The first-order chi connectivity index (χ1) is 14.5. The molecule has 3 aliphatic rings. The van der Waals surface area contributed by atoms with Gasteiger partial charge < -0.3 is 0 Å². The van der Waals surface area contributed by atoms with Crippen LogP contribution in [0.1, 0.15) is 17.5 Å². The van der Waals surface area contributed by atoms with Gasteiger partial charge in [-0.2, -0.15) is 13.2 Å². The fourth-order valence-electron chi connectivity index (χ4n) is 3.62. The third-order valence-corrected chi connectivity index (χ3v) is 5.04. The largest absolute Gasteiger partial charge is 0.451 e. The fraction of sp³-hybridized carbons (Fsp3) is 0.130. The highest BCUT2D eigenvalue weighted by Gasteiger charge is 2.41. The van der Waals surface area contributed by atoms with Gasteiger partial charge in [0.15, 0.2) is 0 Å². The van der Waals surface area contributed by atoms with Crippen molar-refractivity contribution < 1.29 is 13.2 Å². The molecule has 0 aliphatic carbocycles. The summed E-state index contributed by atoms with van der Waals surface area (Å²) in [6, 6.07) is 18.7. The summed E-state index contributed by atoms with van der Waals surface area (Å²) in [5, 5.41) is 0. The molecule has 1 atom stereocenters. The molecule has 0 saturated heterocycles. The minimum Gasteiger partial charge on any atom is -0.233 e. The molecule has 5 rings (SSSR count). The number of alkyl halides is 3. The van der Waals surface area contributed by atoms with Crippen molar-refractivity contribution in [3.05, 3.63) is 89.5 Å². The Kier molecular flexibility index (Phi) is 4.31. The number of hydrogen-bond donors (Lipinski definition) is 0. The van der Waals surface area contributed by atoms with Crippen molar-refractivity contribution in [2.75, 3.05) is 0 Å². The Morgan fingerprint density at radius 3 is 2.07 bits per heavy atom. The molecule has 3 aliphatic heterocycles. The first-order valence-electron chi connectivity index (χ1n) is 9.42. The van der Waals surface area contributed by atoms with E-state index in [1.54, 1.807) is 0 Å². The van der Waals surface area contributed by atoms with Crippen molar-refractivity contribution in [2.45, 2.75) is 12.6 Å². The lowest BCUT2D eigenvalue weighted by Crippen LogP contribution is -2.25. The topological polar surface area (TPSA) is 49.4 Å². The lowest BCUT2D eigenvalue weighted by molar-refractivity contribution is -0.0595. The van der Waals surface area contributed by atoms with E-state index in [4.69, 9.17) is 0 Å². The molecule has 0 spiro atoms. The summed E-state index contributed by atoms with van der Waals surface area (Å²) in [6.07, 6.45) is -0.682. The number of amidine groups is 3. The van der Waals surface area contributed by atoms with Gasteiger partial charge in [-0.05, 0) is 17.7 Å². The van der Waals surface area contributed by atoms with E-state index >= 15 is 0 Å². The molecule has 0 aromatic heterocycles. The molecular weight excluding hydrogens is 389 g/mol. The van der Waals surface area contributed by atoms with Crippen LogP contribution in [0.3, 0.4) is 0 Å². The zero-order valence-corrected chi connectivity index (χ0v) is 15.6. The Labute approximate surface area is 170 Å². The zero-order valence-electron chi connectivity index (χ0n) is 15.6. The number of dihydropyridines is 1. The second-order valence-electron chi connectivity index (χ2n) is 7.09. The molecule has 0 N–H and O–H groups in total. The Balaban J connectivity index is 1.74. The first kappa shape index (κ1) is 18.4. The van der Waals surface area contributed by atoms with Crippen molar-refractivity contribution in [3.8, 4) is 0 Å². The smallest absolute Gasteiger partial charge is 0.233 e. The van der Waals surface area contributed by atoms with Gasteiger partial charge >= 0.3 is 6.18 Å². The minimum atomic E-state index is -4.69. The lowest BCUT2D eigenvalue weighted by Gasteiger charge is -2.21. The van der Waals surface area contributed by atoms with Crippen LogP contribution in [0.5, 0.6) is 0 Å². The van der Waals surface area contributed by atoms with Crippen molar-refractivity contribution in [1.82, 2.24) is 0 Å². The molecule has 7 heteroatoms. The van der Waals surface area contributed by atoms with Gasteiger partial charge in [0.05, 0.1) is 17.3 Å². The number of halogens is 3. The molecule has 2 bridgehead atoms. The van der Waals surface area contributed by atoms with Gasteiger partial charge in [0.2, 0.25) is 5.84 Å². The summed E-state index contributed by atoms with van der Waals surface area (Å²) in [7, 11) is 0. The number of aliphatic imine (C=N–C) groups is 4. The van der Waals surface area contributed by atoms with E-state index in [0.717, 1.165) is 16.7 Å². The van der Waals surface area contributed by atoms with Gasteiger partial charge in [0.25, 0.3) is 0 Å². The van der Waals surface area contributed by atoms with Crippen molar-refractivity contribution in [2.24, 2.45) is 25.9 Å². The van der Waals surface area contributed by atoms with Crippen LogP contribution in [-0.4, -0.2) is 29.4 Å². The van der Waals surface area contributed by atoms with E-state index in [0.29, 0.717) is 11.4 Å². The van der Waals surface area contributed by atoms with Crippen LogP contribution in [0.25, 0.3) is 5.70 Å². The Morgan fingerprint density at radius 2 is 1.40 bits per heavy atom. The molecule has 3 heterocycles. The van der Waals surface area contributed by atoms with Gasteiger partial charge in [0, 0.05) is 17.5 Å². The molecule has 1 unspecified atom stereocenters. The molecule has 0 fully saturated rings. The predicted octanol–water partition coefficient (Wildman–Crippen LogP) is 5.25. The highest BCUT2D eigenvalue weighted by molar-refractivity contribution is 6.21. The minimum absolute atomic E-state index is 0.0999. The molecule has 0 amide bonds. The van der Waals surface area contributed by atoms with Crippen LogP contribution in [0, 0.1) is 5.92 Å². The van der Waals surface area contributed by atoms with Crippen LogP contribution >= 0.6 is 0 Å². The van der Waals surface area contributed by atoms with E-state index in [1.165, 1.54) is 0 Å². The molecule has 2 aromatic rings. The number of fused-ring (bicyclic) bond motifs is 1. The third-order valence-electron chi connectivity index (χ3n) is 5.04. The first-order valence-corrected chi connectivity index (χ1v) is 9.42. The van der Waals surface area contributed by atoms with Gasteiger partial charge in [0.1, 0.15) is 11.7 Å². The van der Waals surface area contributed by atoms with Crippen molar-refractivity contribution >= 4 is 28.9 Å². The summed E-state index contributed by atoms with van der Waals surface area (Å²) >= 11 is 0. The second-order valence-corrected chi connectivity index (χ2v) is 7.09. The lowest BCUT2D eigenvalue weighted by atomic mass is 9.89. The normalized spacial score (nSPS) is 20.6. The van der Waals surface area contributed by atoms with E-state index in [-0.39, 0.29) is 18.1 Å². The summed E-state index contributed by atoms with van der Waals surface area (Å²) in [4.78, 5) is 16.6. The SMILES string of the molecule is FC(F)(F)C1=NC2=NC(c3ccccc3)=CC3=CC(c4ccccc4)=NC(=N1)C3C2. The van der Waals surface area contributed by atoms with Gasteiger partial charge in [-0.3, -0.25) is 0 Å². The van der Waals surface area contributed by atoms with Gasteiger partial charge in [-0.1, -0.05) is 60.7 Å². The van der Waals surface area contributed by atoms with Crippen LogP contribution < -0.4 is 0 Å². The highest BCUT2D eigenvalue weighted by atomic mass is 19.4. The van der Waals surface area contributed by atoms with Crippen molar-refractivity contribution in [3.63, 3.8) is 0 Å². The number of benzene rings is 2. The molecule has 0 radical (unpaired) electrons. The number of allylic oxidation sites excluding steroid dienone is 2. The van der Waals surface area contributed by atoms with Crippen LogP contribution in [0.4, 0.5) is 13.2 Å². The molecular formula is C23H15F3N4. The standard InChI is InChI=1S/C23H15F3N4/c24-23(25,26)22-29-20-13-17-16(11-18(27-20)14-7-3-1-4-8-14)12-19(28-21(17)30-22)15-9-5-2-6-10-15/h1-12,17H,13H2. The molecule has 148 valence electrons.